The lowest BCUT2D eigenvalue weighted by molar-refractivity contribution is -0.00978. The lowest BCUT2D eigenvalue weighted by Crippen LogP contribution is -2.35. The summed E-state index contributed by atoms with van der Waals surface area (Å²) in [7, 11) is 0. The number of hydrogen-bond donors (Lipinski definition) is 1. The van der Waals surface area contributed by atoms with Gasteiger partial charge >= 0.3 is 0 Å². The first kappa shape index (κ1) is 14.5. The maximum atomic E-state index is 13.7. The van der Waals surface area contributed by atoms with Gasteiger partial charge in [0.1, 0.15) is 5.82 Å². The summed E-state index contributed by atoms with van der Waals surface area (Å²) < 4.78 is 19.4. The molecule has 0 amide bonds. The summed E-state index contributed by atoms with van der Waals surface area (Å²) in [5.41, 5.74) is 1.83. The highest BCUT2D eigenvalue weighted by atomic mass is 19.1. The summed E-state index contributed by atoms with van der Waals surface area (Å²) in [6.45, 7) is 7.51. The van der Waals surface area contributed by atoms with Gasteiger partial charge in [0.2, 0.25) is 0 Å². The minimum absolute atomic E-state index is 0.0664. The van der Waals surface area contributed by atoms with Crippen LogP contribution in [0.1, 0.15) is 51.2 Å². The van der Waals surface area contributed by atoms with Crippen molar-refractivity contribution in [1.82, 2.24) is 5.32 Å². The Balaban J connectivity index is 1.93. The zero-order chi connectivity index (χ0) is 13.9. The van der Waals surface area contributed by atoms with Crippen LogP contribution in [-0.4, -0.2) is 11.6 Å². The molecule has 19 heavy (non-hydrogen) atoms. The molecule has 1 N–H and O–H groups in total. The standard InChI is InChI=1S/C16H24FNO/c1-16(2,3)18-10-12-7-8-15(17)13(9-12)11-19-14-5-4-6-14/h7-9,14,18H,4-6,10-11H2,1-3H3. The van der Waals surface area contributed by atoms with E-state index in [1.54, 1.807) is 6.07 Å². The highest BCUT2D eigenvalue weighted by Gasteiger charge is 2.18. The Bertz CT molecular complexity index is 421. The topological polar surface area (TPSA) is 21.3 Å². The third kappa shape index (κ3) is 4.59. The number of hydrogen-bond acceptors (Lipinski definition) is 2. The third-order valence-electron chi connectivity index (χ3n) is 3.46. The highest BCUT2D eigenvalue weighted by molar-refractivity contribution is 5.24. The molecule has 0 spiro atoms. The van der Waals surface area contributed by atoms with Gasteiger partial charge in [0.25, 0.3) is 0 Å². The monoisotopic (exact) mass is 265 g/mol. The average molecular weight is 265 g/mol. The Labute approximate surface area is 115 Å². The predicted octanol–water partition coefficient (Wildman–Crippen LogP) is 3.78. The van der Waals surface area contributed by atoms with Gasteiger partial charge in [-0.3, -0.25) is 0 Å². The molecule has 0 unspecified atom stereocenters. The Morgan fingerprint density at radius 1 is 1.32 bits per heavy atom. The molecular formula is C16H24FNO. The number of nitrogens with one attached hydrogen (secondary N) is 1. The van der Waals surface area contributed by atoms with Crippen molar-refractivity contribution in [3.05, 3.63) is 35.1 Å². The van der Waals surface area contributed by atoms with Crippen molar-refractivity contribution < 1.29 is 9.13 Å². The second-order valence-corrected chi connectivity index (χ2v) is 6.39. The number of halogens is 1. The minimum Gasteiger partial charge on any atom is -0.373 e. The SMILES string of the molecule is CC(C)(C)NCc1ccc(F)c(COC2CCC2)c1. The molecule has 0 radical (unpaired) electrons. The maximum Gasteiger partial charge on any atom is 0.128 e. The molecule has 3 heteroatoms. The van der Waals surface area contributed by atoms with E-state index < -0.39 is 0 Å². The van der Waals surface area contributed by atoms with Crippen LogP contribution in [0.25, 0.3) is 0 Å². The lowest BCUT2D eigenvalue weighted by atomic mass is 9.96. The summed E-state index contributed by atoms with van der Waals surface area (Å²) in [4.78, 5) is 0. The van der Waals surface area contributed by atoms with Crippen LogP contribution in [0.3, 0.4) is 0 Å². The van der Waals surface area contributed by atoms with E-state index in [-0.39, 0.29) is 11.4 Å². The van der Waals surface area contributed by atoms with Crippen molar-refractivity contribution >= 4 is 0 Å². The molecule has 1 aliphatic rings. The molecule has 1 saturated carbocycles. The predicted molar refractivity (Wildman–Crippen MR) is 75.4 cm³/mol. The number of ether oxygens (including phenoxy) is 1. The first-order chi connectivity index (χ1) is 8.94. The van der Waals surface area contributed by atoms with Gasteiger partial charge in [-0.05, 0) is 57.7 Å². The van der Waals surface area contributed by atoms with Crippen LogP contribution in [-0.2, 0) is 17.9 Å². The largest absolute Gasteiger partial charge is 0.373 e. The molecule has 0 aromatic heterocycles. The molecule has 0 bridgehead atoms. The highest BCUT2D eigenvalue weighted by Crippen LogP contribution is 2.24. The van der Waals surface area contributed by atoms with Gasteiger partial charge in [-0.2, -0.15) is 0 Å². The summed E-state index contributed by atoms with van der Waals surface area (Å²) in [5, 5.41) is 3.41. The fourth-order valence-electron chi connectivity index (χ4n) is 1.96. The van der Waals surface area contributed by atoms with E-state index in [9.17, 15) is 4.39 Å². The lowest BCUT2D eigenvalue weighted by Gasteiger charge is -2.25. The molecule has 0 heterocycles. The van der Waals surface area contributed by atoms with Crippen molar-refractivity contribution in [2.24, 2.45) is 0 Å². The average Bonchev–Trinajstić information content (AvgIpc) is 2.26. The molecule has 1 aromatic carbocycles. The smallest absolute Gasteiger partial charge is 0.128 e. The molecule has 1 fully saturated rings. The van der Waals surface area contributed by atoms with E-state index >= 15 is 0 Å². The molecule has 2 nitrogen and oxygen atoms in total. The van der Waals surface area contributed by atoms with Crippen LogP contribution >= 0.6 is 0 Å². The van der Waals surface area contributed by atoms with Gasteiger partial charge in [-0.1, -0.05) is 6.07 Å². The van der Waals surface area contributed by atoms with E-state index in [1.165, 1.54) is 6.42 Å². The molecule has 106 valence electrons. The van der Waals surface area contributed by atoms with Crippen LogP contribution < -0.4 is 5.32 Å². The fourth-order valence-corrected chi connectivity index (χ4v) is 1.96. The van der Waals surface area contributed by atoms with Crippen LogP contribution in [0.4, 0.5) is 4.39 Å². The van der Waals surface area contributed by atoms with Gasteiger partial charge in [0.15, 0.2) is 0 Å². The van der Waals surface area contributed by atoms with Crippen LogP contribution in [0.5, 0.6) is 0 Å². The van der Waals surface area contributed by atoms with Crippen molar-refractivity contribution in [3.63, 3.8) is 0 Å². The van der Waals surface area contributed by atoms with E-state index in [0.717, 1.165) is 24.9 Å². The quantitative estimate of drug-likeness (QED) is 0.874. The van der Waals surface area contributed by atoms with E-state index in [2.05, 4.69) is 26.1 Å². The zero-order valence-corrected chi connectivity index (χ0v) is 12.1. The molecule has 0 atom stereocenters. The molecule has 1 aliphatic carbocycles. The minimum atomic E-state index is -0.168. The second-order valence-electron chi connectivity index (χ2n) is 6.39. The van der Waals surface area contributed by atoms with Crippen molar-refractivity contribution in [3.8, 4) is 0 Å². The molecule has 0 saturated heterocycles. The normalized spacial score (nSPS) is 16.4. The second kappa shape index (κ2) is 6.02. The van der Waals surface area contributed by atoms with E-state index in [0.29, 0.717) is 18.3 Å². The van der Waals surface area contributed by atoms with Gasteiger partial charge in [0.05, 0.1) is 12.7 Å². The van der Waals surface area contributed by atoms with Crippen molar-refractivity contribution in [2.45, 2.75) is 64.8 Å². The van der Waals surface area contributed by atoms with Gasteiger partial charge in [-0.15, -0.1) is 0 Å². The molecule has 1 aromatic rings. The summed E-state index contributed by atoms with van der Waals surface area (Å²) in [5.74, 6) is -0.168. The summed E-state index contributed by atoms with van der Waals surface area (Å²) in [6, 6.07) is 5.28. The maximum absolute atomic E-state index is 13.7. The molecule has 0 aliphatic heterocycles. The van der Waals surface area contributed by atoms with Crippen LogP contribution in [0, 0.1) is 5.82 Å². The first-order valence-electron chi connectivity index (χ1n) is 7.08. The summed E-state index contributed by atoms with van der Waals surface area (Å²) in [6.07, 6.45) is 3.82. The number of benzene rings is 1. The fraction of sp³-hybridized carbons (Fsp3) is 0.625. The summed E-state index contributed by atoms with van der Waals surface area (Å²) >= 11 is 0. The first-order valence-corrected chi connectivity index (χ1v) is 7.08. The van der Waals surface area contributed by atoms with Crippen LogP contribution in [0.2, 0.25) is 0 Å². The van der Waals surface area contributed by atoms with E-state index in [1.807, 2.05) is 12.1 Å². The van der Waals surface area contributed by atoms with E-state index in [4.69, 9.17) is 4.74 Å². The molecular weight excluding hydrogens is 241 g/mol. The Morgan fingerprint density at radius 2 is 2.05 bits per heavy atom. The zero-order valence-electron chi connectivity index (χ0n) is 12.1. The van der Waals surface area contributed by atoms with Crippen molar-refractivity contribution in [1.29, 1.82) is 0 Å². The Morgan fingerprint density at radius 3 is 2.63 bits per heavy atom. The molecule has 2 rings (SSSR count). The third-order valence-corrected chi connectivity index (χ3v) is 3.46. The van der Waals surface area contributed by atoms with Crippen molar-refractivity contribution in [2.75, 3.05) is 0 Å². The van der Waals surface area contributed by atoms with Gasteiger partial charge in [-0.25, -0.2) is 4.39 Å². The van der Waals surface area contributed by atoms with Gasteiger partial charge in [0, 0.05) is 17.6 Å². The number of rotatable bonds is 5. The Hall–Kier alpha value is -0.930. The van der Waals surface area contributed by atoms with Gasteiger partial charge < -0.3 is 10.1 Å². The van der Waals surface area contributed by atoms with Crippen LogP contribution in [0.15, 0.2) is 18.2 Å². The Kier molecular flexibility index (Phi) is 4.58.